The minimum absolute atomic E-state index is 0.156. The van der Waals surface area contributed by atoms with Crippen molar-refractivity contribution in [2.24, 2.45) is 22.4 Å². The fourth-order valence-electron chi connectivity index (χ4n) is 6.56. The summed E-state index contributed by atoms with van der Waals surface area (Å²) in [5.41, 5.74) is -3.44. The second kappa shape index (κ2) is 5.72. The predicted octanol–water partition coefficient (Wildman–Crippen LogP) is 2.79. The Morgan fingerprint density at radius 3 is 2.57 bits per heavy atom. The smallest absolute Gasteiger partial charge is 0.287 e. The molecule has 1 amide bonds. The van der Waals surface area contributed by atoms with Crippen LogP contribution in [-0.4, -0.2) is 48.6 Å². The van der Waals surface area contributed by atoms with Gasteiger partial charge in [-0.15, -0.1) is 5.10 Å². The molecule has 4 saturated carbocycles. The Morgan fingerprint density at radius 2 is 2.00 bits per heavy atom. The van der Waals surface area contributed by atoms with Gasteiger partial charge in [-0.25, -0.2) is 18.4 Å². The molecule has 1 aromatic heterocycles. The molecule has 0 spiro atoms. The molecule has 152 valence electrons. The van der Waals surface area contributed by atoms with Gasteiger partial charge in [0.1, 0.15) is 6.33 Å². The van der Waals surface area contributed by atoms with Crippen LogP contribution in [0, 0.1) is 17.3 Å². The molecule has 0 saturated heterocycles. The van der Waals surface area contributed by atoms with Gasteiger partial charge in [0.15, 0.2) is 0 Å². The van der Waals surface area contributed by atoms with E-state index in [1.807, 2.05) is 0 Å². The van der Waals surface area contributed by atoms with Crippen molar-refractivity contribution in [3.05, 3.63) is 11.6 Å². The first-order valence-electron chi connectivity index (χ1n) is 9.63. The quantitative estimate of drug-likeness (QED) is 0.825. The van der Waals surface area contributed by atoms with Crippen LogP contribution in [0.15, 0.2) is 11.4 Å². The average Bonchev–Trinajstić information content (AvgIpc) is 3.17. The third-order valence-electron chi connectivity index (χ3n) is 7.13. The first-order valence-corrected chi connectivity index (χ1v) is 10.0. The molecule has 0 radical (unpaired) electrons. The van der Waals surface area contributed by atoms with Crippen molar-refractivity contribution in [3.63, 3.8) is 0 Å². The second-order valence-electron chi connectivity index (χ2n) is 9.23. The Hall–Kier alpha value is -1.61. The lowest BCUT2D eigenvalue weighted by atomic mass is 9.46. The number of nitrogens with zero attached hydrogens (tertiary/aromatic N) is 5. The zero-order chi connectivity index (χ0) is 19.9. The van der Waals surface area contributed by atoms with E-state index in [-0.39, 0.29) is 17.2 Å². The van der Waals surface area contributed by atoms with Crippen LogP contribution in [0.25, 0.3) is 0 Å². The van der Waals surface area contributed by atoms with Gasteiger partial charge in [0.25, 0.3) is 12.3 Å². The van der Waals surface area contributed by atoms with Crippen LogP contribution in [0.2, 0.25) is 5.28 Å². The number of carbonyl (C=O) groups is 1. The van der Waals surface area contributed by atoms with E-state index in [4.69, 9.17) is 11.6 Å². The molecule has 5 atom stereocenters. The highest BCUT2D eigenvalue weighted by atomic mass is 35.5. The van der Waals surface area contributed by atoms with E-state index in [0.29, 0.717) is 41.8 Å². The summed E-state index contributed by atoms with van der Waals surface area (Å²) in [5, 5.41) is 19.7. The molecule has 28 heavy (non-hydrogen) atoms. The van der Waals surface area contributed by atoms with Crippen LogP contribution >= 0.6 is 11.6 Å². The molecule has 1 N–H and O–H groups in total. The summed E-state index contributed by atoms with van der Waals surface area (Å²) >= 11 is 5.94. The minimum Gasteiger partial charge on any atom is -0.364 e. The summed E-state index contributed by atoms with van der Waals surface area (Å²) < 4.78 is 29.1. The van der Waals surface area contributed by atoms with E-state index < -0.39 is 23.5 Å². The topological polar surface area (TPSA) is 83.6 Å². The van der Waals surface area contributed by atoms with Crippen molar-refractivity contribution in [3.8, 4) is 0 Å². The van der Waals surface area contributed by atoms with E-state index in [9.17, 15) is 18.7 Å². The monoisotopic (exact) mass is 413 g/mol. The Morgan fingerprint density at radius 1 is 1.32 bits per heavy atom. The highest BCUT2D eigenvalue weighted by molar-refractivity contribution is 6.28. The molecular weight excluding hydrogens is 392 g/mol. The summed E-state index contributed by atoms with van der Waals surface area (Å²) in [4.78, 5) is 17.6. The van der Waals surface area contributed by atoms with Gasteiger partial charge < -0.3 is 5.11 Å². The summed E-state index contributed by atoms with van der Waals surface area (Å²) in [6, 6.07) is 0. The van der Waals surface area contributed by atoms with Crippen LogP contribution in [0.5, 0.6) is 0 Å². The van der Waals surface area contributed by atoms with E-state index >= 15 is 0 Å². The second-order valence-corrected chi connectivity index (χ2v) is 9.57. The fourth-order valence-corrected chi connectivity index (χ4v) is 6.69. The number of halogens is 3. The minimum atomic E-state index is -3.09. The van der Waals surface area contributed by atoms with Gasteiger partial charge in [-0.1, -0.05) is 0 Å². The number of alkyl halides is 2. The first kappa shape index (κ1) is 18.4. The third-order valence-corrected chi connectivity index (χ3v) is 7.30. The van der Waals surface area contributed by atoms with E-state index in [0.717, 1.165) is 19.3 Å². The molecule has 6 rings (SSSR count). The maximum Gasteiger partial charge on any atom is 0.287 e. The van der Waals surface area contributed by atoms with Crippen LogP contribution in [0.3, 0.4) is 0 Å². The SMILES string of the molecule is CC1=NN(C(=O)C23C[C@H]4C[C@@H](C2)CC(n2cnc(Cl)n2)(C4)C3)[C@@](O)(C(F)F)C1. The van der Waals surface area contributed by atoms with Gasteiger partial charge >= 0.3 is 0 Å². The van der Waals surface area contributed by atoms with E-state index in [1.165, 1.54) is 0 Å². The fraction of sp³-hybridized carbons (Fsp3) is 0.778. The summed E-state index contributed by atoms with van der Waals surface area (Å²) in [6.45, 7) is 1.55. The maximum absolute atomic E-state index is 13.7. The molecule has 0 aromatic carbocycles. The van der Waals surface area contributed by atoms with Gasteiger partial charge in [-0.2, -0.15) is 10.1 Å². The average molecular weight is 414 g/mol. The molecule has 4 aliphatic carbocycles. The highest BCUT2D eigenvalue weighted by Gasteiger charge is 2.65. The van der Waals surface area contributed by atoms with Crippen molar-refractivity contribution in [2.75, 3.05) is 0 Å². The van der Waals surface area contributed by atoms with Crippen LogP contribution in [-0.2, 0) is 10.3 Å². The van der Waals surface area contributed by atoms with E-state index in [2.05, 4.69) is 15.2 Å². The lowest BCUT2D eigenvalue weighted by Gasteiger charge is -2.61. The van der Waals surface area contributed by atoms with Gasteiger partial charge in [-0.3, -0.25) is 4.79 Å². The summed E-state index contributed by atoms with van der Waals surface area (Å²) in [5.74, 6) is 0.123. The lowest BCUT2D eigenvalue weighted by Crippen LogP contribution is -2.63. The standard InChI is InChI=1S/C18H22ClF2N5O2/c1-10-3-18(28,13(20)21)26(23-10)14(27)16-4-11-2-12(5-16)7-17(6-11,8-16)25-9-22-15(19)24-25/h9,11-13,28H,2-8H2,1H3/t11-,12+,16?,17?,18-/m0/s1. The predicted molar refractivity (Wildman–Crippen MR) is 95.6 cm³/mol. The van der Waals surface area contributed by atoms with Gasteiger partial charge in [0, 0.05) is 12.1 Å². The van der Waals surface area contributed by atoms with Gasteiger partial charge in [0.05, 0.1) is 11.0 Å². The Labute approximate surface area is 165 Å². The van der Waals surface area contributed by atoms with Crippen molar-refractivity contribution in [1.29, 1.82) is 0 Å². The lowest BCUT2D eigenvalue weighted by molar-refractivity contribution is -0.211. The number of hydrazone groups is 1. The number of amides is 1. The molecular formula is C18H22ClF2N5O2. The molecule has 7 nitrogen and oxygen atoms in total. The Kier molecular flexibility index (Phi) is 3.76. The van der Waals surface area contributed by atoms with Crippen LogP contribution in [0.4, 0.5) is 8.78 Å². The zero-order valence-corrected chi connectivity index (χ0v) is 16.2. The van der Waals surface area contributed by atoms with Gasteiger partial charge in [-0.05, 0) is 68.9 Å². The van der Waals surface area contributed by atoms with Crippen LogP contribution in [0.1, 0.15) is 51.9 Å². The van der Waals surface area contributed by atoms with Gasteiger partial charge in [0.2, 0.25) is 11.0 Å². The largest absolute Gasteiger partial charge is 0.364 e. The molecule has 1 aliphatic heterocycles. The van der Waals surface area contributed by atoms with Crippen molar-refractivity contribution in [2.45, 2.75) is 69.6 Å². The number of aromatic nitrogens is 3. The summed E-state index contributed by atoms with van der Waals surface area (Å²) in [6.07, 6.45) is 2.71. The van der Waals surface area contributed by atoms with Crippen LogP contribution < -0.4 is 0 Å². The van der Waals surface area contributed by atoms with Crippen molar-refractivity contribution < 1.29 is 18.7 Å². The maximum atomic E-state index is 13.7. The summed E-state index contributed by atoms with van der Waals surface area (Å²) in [7, 11) is 0. The molecule has 10 heteroatoms. The number of hydrogen-bond donors (Lipinski definition) is 1. The zero-order valence-electron chi connectivity index (χ0n) is 15.5. The molecule has 4 fully saturated rings. The normalized spacial score (nSPS) is 41.8. The van der Waals surface area contributed by atoms with E-state index in [1.54, 1.807) is 17.9 Å². The highest BCUT2D eigenvalue weighted by Crippen LogP contribution is 2.65. The number of rotatable bonds is 3. The van der Waals surface area contributed by atoms with Crippen molar-refractivity contribution >= 4 is 23.2 Å². The third kappa shape index (κ3) is 2.41. The molecule has 4 bridgehead atoms. The number of carbonyl (C=O) groups excluding carboxylic acids is 1. The Balaban J connectivity index is 1.54. The molecule has 2 heterocycles. The number of aliphatic hydroxyl groups is 1. The number of hydrogen-bond acceptors (Lipinski definition) is 5. The first-order chi connectivity index (χ1) is 13.2. The molecule has 5 aliphatic rings. The molecule has 2 unspecified atom stereocenters. The Bertz CT molecular complexity index is 860. The van der Waals surface area contributed by atoms with Crippen molar-refractivity contribution in [1.82, 2.24) is 19.8 Å². The molecule has 1 aromatic rings.